The van der Waals surface area contributed by atoms with Gasteiger partial charge in [0.05, 0.1) is 23.7 Å². The molecule has 0 amide bonds. The highest BCUT2D eigenvalue weighted by Crippen LogP contribution is 2.52. The molecule has 2 aliphatic rings. The minimum atomic E-state index is -0.262. The molecule has 0 saturated heterocycles. The summed E-state index contributed by atoms with van der Waals surface area (Å²) < 4.78 is 15.2. The van der Waals surface area contributed by atoms with Crippen LogP contribution in [0.2, 0.25) is 0 Å². The monoisotopic (exact) mass is 380 g/mol. The first kappa shape index (κ1) is 19.1. The topological polar surface area (TPSA) is 38.1 Å². The van der Waals surface area contributed by atoms with Gasteiger partial charge in [-0.3, -0.25) is 0 Å². The molecule has 1 saturated carbocycles. The van der Waals surface area contributed by atoms with Gasteiger partial charge in [-0.1, -0.05) is 18.6 Å². The van der Waals surface area contributed by atoms with E-state index in [0.717, 1.165) is 43.5 Å². The molecular weight excluding hydrogens is 351 g/mol. The summed E-state index contributed by atoms with van der Waals surface area (Å²) in [6, 6.07) is 6.50. The van der Waals surface area contributed by atoms with E-state index in [1.165, 1.54) is 36.1 Å². The van der Waals surface area contributed by atoms with E-state index < -0.39 is 0 Å². The van der Waals surface area contributed by atoms with Crippen LogP contribution in [-0.2, 0) is 6.42 Å². The van der Waals surface area contributed by atoms with E-state index in [0.29, 0.717) is 5.92 Å². The molecule has 1 aromatic carbocycles. The SMILES string of the molecule is C=CCC[C@@H](O)C[C@H]1CCCC2=Cc3c(cnn3-c3ccc(F)cc3)C[C@@]21C. The summed E-state index contributed by atoms with van der Waals surface area (Å²) in [6.07, 6.45) is 12.8. The van der Waals surface area contributed by atoms with Crippen molar-refractivity contribution in [2.75, 3.05) is 0 Å². The van der Waals surface area contributed by atoms with E-state index >= 15 is 0 Å². The average Bonchev–Trinajstić information content (AvgIpc) is 3.08. The Bertz CT molecular complexity index is 883. The molecule has 1 fully saturated rings. The molecule has 4 rings (SSSR count). The maximum atomic E-state index is 13.3. The summed E-state index contributed by atoms with van der Waals surface area (Å²) in [5, 5.41) is 15.1. The van der Waals surface area contributed by atoms with E-state index in [-0.39, 0.29) is 17.3 Å². The lowest BCUT2D eigenvalue weighted by Crippen LogP contribution is -2.38. The second kappa shape index (κ2) is 7.67. The predicted molar refractivity (Wildman–Crippen MR) is 111 cm³/mol. The maximum absolute atomic E-state index is 13.3. The van der Waals surface area contributed by atoms with Crippen LogP contribution in [0.15, 0.2) is 48.7 Å². The van der Waals surface area contributed by atoms with Crippen molar-refractivity contribution in [1.29, 1.82) is 0 Å². The second-order valence-corrected chi connectivity index (χ2v) is 8.55. The van der Waals surface area contributed by atoms with Crippen LogP contribution in [0.3, 0.4) is 0 Å². The number of hydrogen-bond donors (Lipinski definition) is 1. The number of allylic oxidation sites excluding steroid dienone is 2. The molecule has 1 aromatic heterocycles. The van der Waals surface area contributed by atoms with Gasteiger partial charge in [-0.15, -0.1) is 6.58 Å². The Kier molecular flexibility index (Phi) is 5.24. The highest BCUT2D eigenvalue weighted by Gasteiger charge is 2.43. The first-order valence-corrected chi connectivity index (χ1v) is 10.3. The zero-order valence-corrected chi connectivity index (χ0v) is 16.6. The van der Waals surface area contributed by atoms with E-state index in [1.54, 1.807) is 12.1 Å². The number of aliphatic hydroxyl groups excluding tert-OH is 1. The maximum Gasteiger partial charge on any atom is 0.123 e. The highest BCUT2D eigenvalue weighted by molar-refractivity contribution is 5.61. The molecule has 28 heavy (non-hydrogen) atoms. The van der Waals surface area contributed by atoms with E-state index in [9.17, 15) is 9.50 Å². The van der Waals surface area contributed by atoms with Gasteiger partial charge in [0.25, 0.3) is 0 Å². The Morgan fingerprint density at radius 1 is 1.39 bits per heavy atom. The number of fused-ring (bicyclic) bond motifs is 2. The molecule has 4 heteroatoms. The largest absolute Gasteiger partial charge is 0.393 e. The zero-order valence-electron chi connectivity index (χ0n) is 16.6. The van der Waals surface area contributed by atoms with Gasteiger partial charge in [-0.25, -0.2) is 9.07 Å². The van der Waals surface area contributed by atoms with Gasteiger partial charge in [-0.05, 0) is 92.2 Å². The Morgan fingerprint density at radius 2 is 2.18 bits per heavy atom. The van der Waals surface area contributed by atoms with Crippen LogP contribution in [0.1, 0.15) is 56.7 Å². The molecule has 0 spiro atoms. The Morgan fingerprint density at radius 3 is 2.93 bits per heavy atom. The summed E-state index contributed by atoms with van der Waals surface area (Å²) >= 11 is 0. The van der Waals surface area contributed by atoms with E-state index in [4.69, 9.17) is 0 Å². The number of benzene rings is 1. The summed E-state index contributed by atoms with van der Waals surface area (Å²) in [4.78, 5) is 0. The van der Waals surface area contributed by atoms with Gasteiger partial charge in [0.1, 0.15) is 5.82 Å². The lowest BCUT2D eigenvalue weighted by Gasteiger charge is -2.46. The molecule has 148 valence electrons. The number of aromatic nitrogens is 2. The Balaban J connectivity index is 1.62. The van der Waals surface area contributed by atoms with Crippen LogP contribution in [0.5, 0.6) is 0 Å². The molecule has 3 nitrogen and oxygen atoms in total. The van der Waals surface area contributed by atoms with Gasteiger partial charge in [-0.2, -0.15) is 5.10 Å². The standard InChI is InChI=1S/C24H29FN2O/c1-3-4-8-22(28)13-18-6-5-7-19-14-23-17(15-24(18,19)2)16-26-27(23)21-11-9-20(25)10-12-21/h3,9-12,14,16,18,22,28H,1,4-8,13,15H2,2H3/t18-,22-,24-/m1/s1. The number of rotatable bonds is 6. The van der Waals surface area contributed by atoms with Crippen LogP contribution < -0.4 is 0 Å². The molecule has 2 aromatic rings. The van der Waals surface area contributed by atoms with Crippen LogP contribution in [0, 0.1) is 17.2 Å². The van der Waals surface area contributed by atoms with Crippen LogP contribution in [0.4, 0.5) is 4.39 Å². The quantitative estimate of drug-likeness (QED) is 0.675. The number of nitrogens with zero attached hydrogens (tertiary/aromatic N) is 2. The fourth-order valence-electron chi connectivity index (χ4n) is 5.07. The van der Waals surface area contributed by atoms with Crippen LogP contribution in [0.25, 0.3) is 11.8 Å². The normalized spacial score (nSPS) is 24.8. The molecule has 1 N–H and O–H groups in total. The van der Waals surface area contributed by atoms with Gasteiger partial charge < -0.3 is 5.11 Å². The Hall–Kier alpha value is -2.20. The lowest BCUT2D eigenvalue weighted by atomic mass is 9.58. The third-order valence-electron chi connectivity index (χ3n) is 6.72. The van der Waals surface area contributed by atoms with Gasteiger partial charge in [0, 0.05) is 0 Å². The molecule has 0 bridgehead atoms. The van der Waals surface area contributed by atoms with Crippen molar-refractivity contribution in [2.24, 2.45) is 11.3 Å². The summed E-state index contributed by atoms with van der Waals surface area (Å²) in [7, 11) is 0. The molecule has 0 aliphatic heterocycles. The first-order chi connectivity index (χ1) is 13.5. The Labute approximate surface area is 166 Å². The fraction of sp³-hybridized carbons (Fsp3) is 0.458. The first-order valence-electron chi connectivity index (χ1n) is 10.3. The summed E-state index contributed by atoms with van der Waals surface area (Å²) in [5.41, 5.74) is 4.79. The minimum Gasteiger partial charge on any atom is -0.393 e. The fourth-order valence-corrected chi connectivity index (χ4v) is 5.07. The average molecular weight is 381 g/mol. The van der Waals surface area contributed by atoms with Gasteiger partial charge in [0.2, 0.25) is 0 Å². The molecule has 0 unspecified atom stereocenters. The van der Waals surface area contributed by atoms with Crippen molar-refractivity contribution in [3.63, 3.8) is 0 Å². The number of halogens is 1. The van der Waals surface area contributed by atoms with Gasteiger partial charge in [0.15, 0.2) is 0 Å². The van der Waals surface area contributed by atoms with Crippen molar-refractivity contribution in [3.8, 4) is 5.69 Å². The van der Waals surface area contributed by atoms with E-state index in [1.807, 2.05) is 17.0 Å². The minimum absolute atomic E-state index is 0.0804. The number of aliphatic hydroxyl groups is 1. The van der Waals surface area contributed by atoms with Crippen molar-refractivity contribution in [3.05, 3.63) is 65.8 Å². The second-order valence-electron chi connectivity index (χ2n) is 8.55. The summed E-state index contributed by atoms with van der Waals surface area (Å²) in [5.74, 6) is 0.246. The van der Waals surface area contributed by atoms with Crippen LogP contribution in [-0.4, -0.2) is 21.0 Å². The predicted octanol–water partition coefficient (Wildman–Crippen LogP) is 5.47. The van der Waals surface area contributed by atoms with Crippen molar-refractivity contribution in [1.82, 2.24) is 9.78 Å². The zero-order chi connectivity index (χ0) is 19.7. The third kappa shape index (κ3) is 3.46. The number of hydrogen-bond acceptors (Lipinski definition) is 2. The molecule has 3 atom stereocenters. The van der Waals surface area contributed by atoms with Crippen LogP contribution >= 0.6 is 0 Å². The molecule has 0 radical (unpaired) electrons. The van der Waals surface area contributed by atoms with Gasteiger partial charge >= 0.3 is 0 Å². The van der Waals surface area contributed by atoms with Crippen molar-refractivity contribution in [2.45, 2.75) is 58.0 Å². The van der Waals surface area contributed by atoms with E-state index in [2.05, 4.69) is 24.7 Å². The van der Waals surface area contributed by atoms with Crippen molar-refractivity contribution >= 4 is 6.08 Å². The highest BCUT2D eigenvalue weighted by atomic mass is 19.1. The van der Waals surface area contributed by atoms with Crippen molar-refractivity contribution < 1.29 is 9.50 Å². The third-order valence-corrected chi connectivity index (χ3v) is 6.72. The molecular formula is C24H29FN2O. The lowest BCUT2D eigenvalue weighted by molar-refractivity contribution is 0.0789. The smallest absolute Gasteiger partial charge is 0.123 e. The molecule has 2 aliphatic carbocycles. The molecule has 1 heterocycles. The summed E-state index contributed by atoms with van der Waals surface area (Å²) in [6.45, 7) is 6.13.